The summed E-state index contributed by atoms with van der Waals surface area (Å²) < 4.78 is 0. The van der Waals surface area contributed by atoms with E-state index in [2.05, 4.69) is 28.5 Å². The Morgan fingerprint density at radius 2 is 1.59 bits per heavy atom. The number of carbonyl (C=O) groups is 2. The van der Waals surface area contributed by atoms with Crippen LogP contribution in [0.2, 0.25) is 0 Å². The van der Waals surface area contributed by atoms with Crippen LogP contribution < -0.4 is 10.2 Å². The summed E-state index contributed by atoms with van der Waals surface area (Å²) in [5, 5.41) is 4.14. The lowest BCUT2D eigenvalue weighted by Crippen LogP contribution is -2.33. The van der Waals surface area contributed by atoms with Gasteiger partial charge in [0.25, 0.3) is 0 Å². The molecule has 3 aromatic carbocycles. The van der Waals surface area contributed by atoms with E-state index in [1.54, 1.807) is 4.90 Å². The van der Waals surface area contributed by atoms with E-state index in [-0.39, 0.29) is 24.7 Å². The number of nitrogens with one attached hydrogen (secondary N) is 2. The monoisotopic (exact) mass is 449 g/mol. The lowest BCUT2D eigenvalue weighted by molar-refractivity contribution is -0.125. The van der Waals surface area contributed by atoms with Gasteiger partial charge in [0.15, 0.2) is 0 Å². The van der Waals surface area contributed by atoms with Gasteiger partial charge >= 0.3 is 0 Å². The highest BCUT2D eigenvalue weighted by molar-refractivity contribution is 5.98. The molecule has 5 rings (SSSR count). The van der Waals surface area contributed by atoms with Crippen molar-refractivity contribution in [2.24, 2.45) is 0 Å². The van der Waals surface area contributed by atoms with E-state index in [4.69, 9.17) is 0 Å². The second kappa shape index (κ2) is 9.79. The minimum atomic E-state index is -0.103. The second-order valence-corrected chi connectivity index (χ2v) is 8.53. The molecule has 5 heteroatoms. The number of carbonyl (C=O) groups excluding carboxylic acids is 2. The zero-order valence-electron chi connectivity index (χ0n) is 19.0. The smallest absolute Gasteiger partial charge is 0.227 e. The maximum Gasteiger partial charge on any atom is 0.227 e. The van der Waals surface area contributed by atoms with Crippen molar-refractivity contribution in [2.45, 2.75) is 25.8 Å². The van der Waals surface area contributed by atoms with E-state index in [0.29, 0.717) is 13.1 Å². The highest BCUT2D eigenvalue weighted by Gasteiger charge is 2.21. The number of aromatic amines is 1. The number of anilines is 1. The first-order chi connectivity index (χ1) is 16.7. The molecule has 34 heavy (non-hydrogen) atoms. The Morgan fingerprint density at radius 1 is 0.853 bits per heavy atom. The largest absolute Gasteiger partial charge is 0.361 e. The molecule has 0 bridgehead atoms. The van der Waals surface area contributed by atoms with Crippen molar-refractivity contribution >= 4 is 40.6 Å². The molecule has 0 aliphatic carbocycles. The third-order valence-corrected chi connectivity index (χ3v) is 6.31. The molecule has 2 N–H and O–H groups in total. The Hall–Kier alpha value is -4.12. The quantitative estimate of drug-likeness (QED) is 0.418. The maximum atomic E-state index is 13.3. The summed E-state index contributed by atoms with van der Waals surface area (Å²) in [6, 6.07) is 24.1. The first-order valence-corrected chi connectivity index (χ1v) is 11.7. The van der Waals surface area contributed by atoms with E-state index in [0.717, 1.165) is 34.3 Å². The van der Waals surface area contributed by atoms with Crippen molar-refractivity contribution in [3.05, 3.63) is 101 Å². The summed E-state index contributed by atoms with van der Waals surface area (Å²) in [7, 11) is 0. The van der Waals surface area contributed by atoms with E-state index in [1.165, 1.54) is 10.9 Å². The Bertz CT molecular complexity index is 1370. The van der Waals surface area contributed by atoms with Crippen LogP contribution in [0, 0.1) is 0 Å². The third-order valence-electron chi connectivity index (χ3n) is 6.31. The summed E-state index contributed by atoms with van der Waals surface area (Å²) in [6.07, 6.45) is 7.21. The van der Waals surface area contributed by atoms with Gasteiger partial charge in [-0.3, -0.25) is 9.59 Å². The molecule has 0 radical (unpaired) electrons. The molecule has 1 aliphatic rings. The van der Waals surface area contributed by atoms with Crippen molar-refractivity contribution < 1.29 is 9.59 Å². The SMILES string of the molecule is O=C(CCC(=O)N1Cc2ccccc2/C=C\c2ccccc21)NCCc1c[nH]c2ccccc12. The molecule has 2 heterocycles. The van der Waals surface area contributed by atoms with E-state index in [1.807, 2.05) is 72.9 Å². The van der Waals surface area contributed by atoms with Gasteiger partial charge in [0.2, 0.25) is 11.8 Å². The maximum absolute atomic E-state index is 13.3. The standard InChI is InChI=1S/C29H27N3O2/c33-28(30-18-17-23-19-31-26-11-5-4-10-25(23)26)15-16-29(34)32-20-24-9-2-1-7-21(24)13-14-22-8-3-6-12-27(22)32/h1-14,19,31H,15-18,20H2,(H,30,33)/b14-13-. The molecule has 1 aromatic heterocycles. The highest BCUT2D eigenvalue weighted by atomic mass is 16.2. The predicted octanol–water partition coefficient (Wildman–Crippen LogP) is 5.32. The van der Waals surface area contributed by atoms with Gasteiger partial charge in [-0.2, -0.15) is 0 Å². The minimum Gasteiger partial charge on any atom is -0.361 e. The molecule has 0 fully saturated rings. The fraction of sp³-hybridized carbons (Fsp3) is 0.172. The van der Waals surface area contributed by atoms with E-state index < -0.39 is 0 Å². The zero-order chi connectivity index (χ0) is 23.3. The van der Waals surface area contributed by atoms with Crippen molar-refractivity contribution in [1.82, 2.24) is 10.3 Å². The van der Waals surface area contributed by atoms with Gasteiger partial charge in [0.1, 0.15) is 0 Å². The zero-order valence-corrected chi connectivity index (χ0v) is 19.0. The molecule has 4 aromatic rings. The second-order valence-electron chi connectivity index (χ2n) is 8.53. The van der Waals surface area contributed by atoms with Crippen LogP contribution in [-0.2, 0) is 22.6 Å². The number of rotatable bonds is 6. The molecule has 5 nitrogen and oxygen atoms in total. The molecule has 2 amide bonds. The van der Waals surface area contributed by atoms with Gasteiger partial charge in [-0.25, -0.2) is 0 Å². The van der Waals surface area contributed by atoms with Gasteiger partial charge in [-0.05, 0) is 40.8 Å². The Morgan fingerprint density at radius 3 is 2.50 bits per heavy atom. The van der Waals surface area contributed by atoms with Crippen LogP contribution in [0.25, 0.3) is 23.1 Å². The lowest BCUT2D eigenvalue weighted by Gasteiger charge is -2.27. The summed E-state index contributed by atoms with van der Waals surface area (Å²) in [6.45, 7) is 1.03. The van der Waals surface area contributed by atoms with Crippen LogP contribution in [0.4, 0.5) is 5.69 Å². The number of para-hydroxylation sites is 2. The number of fused-ring (bicyclic) bond motifs is 3. The fourth-order valence-corrected chi connectivity index (χ4v) is 4.49. The summed E-state index contributed by atoms with van der Waals surface area (Å²) >= 11 is 0. The third kappa shape index (κ3) is 4.64. The van der Waals surface area contributed by atoms with E-state index >= 15 is 0 Å². The van der Waals surface area contributed by atoms with Crippen molar-refractivity contribution in [1.29, 1.82) is 0 Å². The molecule has 0 atom stereocenters. The highest BCUT2D eigenvalue weighted by Crippen LogP contribution is 2.29. The topological polar surface area (TPSA) is 65.2 Å². The number of benzene rings is 3. The van der Waals surface area contributed by atoms with Crippen LogP contribution in [0.3, 0.4) is 0 Å². The van der Waals surface area contributed by atoms with Crippen LogP contribution in [0.5, 0.6) is 0 Å². The van der Waals surface area contributed by atoms with E-state index in [9.17, 15) is 9.59 Å². The van der Waals surface area contributed by atoms with Gasteiger partial charge < -0.3 is 15.2 Å². The minimum absolute atomic E-state index is 0.0515. The van der Waals surface area contributed by atoms with Crippen LogP contribution in [0.1, 0.15) is 35.1 Å². The van der Waals surface area contributed by atoms with Crippen molar-refractivity contribution in [3.63, 3.8) is 0 Å². The molecule has 0 unspecified atom stereocenters. The van der Waals surface area contributed by atoms with Gasteiger partial charge in [0.05, 0.1) is 12.2 Å². The predicted molar refractivity (Wildman–Crippen MR) is 137 cm³/mol. The molecular weight excluding hydrogens is 422 g/mol. The number of hydrogen-bond donors (Lipinski definition) is 2. The number of hydrogen-bond acceptors (Lipinski definition) is 2. The normalized spacial score (nSPS) is 13.5. The number of aromatic nitrogens is 1. The average Bonchev–Trinajstić information content (AvgIpc) is 3.27. The summed E-state index contributed by atoms with van der Waals surface area (Å²) in [5.74, 6) is -0.154. The number of amides is 2. The Labute approximate surface area is 199 Å². The van der Waals surface area contributed by atoms with Gasteiger partial charge in [-0.15, -0.1) is 0 Å². The van der Waals surface area contributed by atoms with Gasteiger partial charge in [-0.1, -0.05) is 72.8 Å². The molecule has 1 aliphatic heterocycles. The van der Waals surface area contributed by atoms with Crippen molar-refractivity contribution in [2.75, 3.05) is 11.4 Å². The average molecular weight is 450 g/mol. The fourth-order valence-electron chi connectivity index (χ4n) is 4.49. The first-order valence-electron chi connectivity index (χ1n) is 11.7. The summed E-state index contributed by atoms with van der Waals surface area (Å²) in [4.78, 5) is 30.8. The molecule has 0 saturated heterocycles. The molecule has 170 valence electrons. The van der Waals surface area contributed by atoms with Crippen LogP contribution in [-0.4, -0.2) is 23.3 Å². The molecular formula is C29H27N3O2. The lowest BCUT2D eigenvalue weighted by atomic mass is 10.0. The van der Waals surface area contributed by atoms with Crippen LogP contribution in [0.15, 0.2) is 79.0 Å². The number of H-pyrrole nitrogens is 1. The first kappa shape index (κ1) is 21.7. The Balaban J connectivity index is 1.21. The Kier molecular flexibility index (Phi) is 6.25. The van der Waals surface area contributed by atoms with Crippen molar-refractivity contribution in [3.8, 4) is 0 Å². The van der Waals surface area contributed by atoms with Gasteiger partial charge in [0, 0.05) is 36.5 Å². The molecule has 0 spiro atoms. The molecule has 0 saturated carbocycles. The number of nitrogens with zero attached hydrogens (tertiary/aromatic N) is 1. The summed E-state index contributed by atoms with van der Waals surface area (Å²) in [5.41, 5.74) is 6.33. The van der Waals surface area contributed by atoms with Crippen LogP contribution >= 0.6 is 0 Å².